The van der Waals surface area contributed by atoms with E-state index in [1.807, 2.05) is 25.7 Å². The lowest BCUT2D eigenvalue weighted by atomic mass is 9.90. The average Bonchev–Trinajstić information content (AvgIpc) is 2.81. The number of hydrogen-bond acceptors (Lipinski definition) is 3. The van der Waals surface area contributed by atoms with E-state index in [0.717, 1.165) is 19.5 Å². The number of amides is 2. The van der Waals surface area contributed by atoms with Crippen molar-refractivity contribution >= 4 is 11.8 Å². The van der Waals surface area contributed by atoms with Crippen molar-refractivity contribution in [3.63, 3.8) is 0 Å². The lowest BCUT2D eigenvalue weighted by Crippen LogP contribution is -2.69. The number of hydrogen-bond donors (Lipinski definition) is 1. The first kappa shape index (κ1) is 15.3. The second-order valence-electron chi connectivity index (χ2n) is 6.47. The molecule has 0 aliphatic carbocycles. The molecule has 2 aliphatic rings. The zero-order valence-electron chi connectivity index (χ0n) is 13.1. The molecule has 2 rings (SSSR count). The Bertz CT molecular complexity index is 399. The molecule has 2 saturated heterocycles. The summed E-state index contributed by atoms with van der Waals surface area (Å²) in [7, 11) is 2.11. The Morgan fingerprint density at radius 1 is 1.35 bits per heavy atom. The Morgan fingerprint density at radius 3 is 2.55 bits per heavy atom. The van der Waals surface area contributed by atoms with Crippen LogP contribution in [-0.2, 0) is 9.59 Å². The number of rotatable bonds is 4. The van der Waals surface area contributed by atoms with E-state index in [2.05, 4.69) is 17.3 Å². The highest BCUT2D eigenvalue weighted by Gasteiger charge is 2.46. The first-order valence-electron chi connectivity index (χ1n) is 7.73. The minimum atomic E-state index is -0.729. The number of nitrogens with one attached hydrogen (secondary N) is 1. The number of carbonyl (C=O) groups is 2. The predicted molar refractivity (Wildman–Crippen MR) is 78.2 cm³/mol. The summed E-state index contributed by atoms with van der Waals surface area (Å²) in [6.07, 6.45) is 2.43. The topological polar surface area (TPSA) is 52.7 Å². The molecule has 3 unspecified atom stereocenters. The monoisotopic (exact) mass is 281 g/mol. The molecule has 1 N–H and O–H groups in total. The summed E-state index contributed by atoms with van der Waals surface area (Å²) in [5.74, 6) is 0.578. The largest absolute Gasteiger partial charge is 0.340 e. The van der Waals surface area contributed by atoms with Crippen molar-refractivity contribution in [2.45, 2.75) is 51.6 Å². The summed E-state index contributed by atoms with van der Waals surface area (Å²) in [5, 5.41) is 2.92. The molecule has 0 spiro atoms. The van der Waals surface area contributed by atoms with Gasteiger partial charge in [-0.05, 0) is 45.7 Å². The van der Waals surface area contributed by atoms with Gasteiger partial charge in [-0.1, -0.05) is 13.8 Å². The van der Waals surface area contributed by atoms with E-state index in [1.165, 1.54) is 0 Å². The molecule has 0 saturated carbocycles. The summed E-state index contributed by atoms with van der Waals surface area (Å²) >= 11 is 0. The van der Waals surface area contributed by atoms with Gasteiger partial charge in [0.05, 0.1) is 0 Å². The second-order valence-corrected chi connectivity index (χ2v) is 6.47. The molecule has 2 heterocycles. The lowest BCUT2D eigenvalue weighted by Gasteiger charge is -2.44. The molecule has 0 aromatic carbocycles. The standard InChI is InChI=1S/C15H27N3O2/c1-5-12-13(19)16-15(3,6-2)14(20)18(12)10-11-7-8-17(4)9-11/h11-12H,5-10H2,1-4H3,(H,16,19). The fourth-order valence-corrected chi connectivity index (χ4v) is 3.32. The van der Waals surface area contributed by atoms with Gasteiger partial charge >= 0.3 is 0 Å². The van der Waals surface area contributed by atoms with Crippen LogP contribution in [0.4, 0.5) is 0 Å². The van der Waals surface area contributed by atoms with Crippen LogP contribution in [0.15, 0.2) is 0 Å². The third kappa shape index (κ3) is 2.68. The maximum Gasteiger partial charge on any atom is 0.248 e. The van der Waals surface area contributed by atoms with E-state index in [-0.39, 0.29) is 17.9 Å². The summed E-state index contributed by atoms with van der Waals surface area (Å²) in [6.45, 7) is 8.58. The van der Waals surface area contributed by atoms with E-state index in [4.69, 9.17) is 0 Å². The summed E-state index contributed by atoms with van der Waals surface area (Å²) in [4.78, 5) is 29.2. The van der Waals surface area contributed by atoms with Crippen molar-refractivity contribution in [2.24, 2.45) is 5.92 Å². The smallest absolute Gasteiger partial charge is 0.248 e. The number of likely N-dealkylation sites (tertiary alicyclic amines) is 1. The van der Waals surface area contributed by atoms with Gasteiger partial charge in [0.15, 0.2) is 0 Å². The molecule has 2 amide bonds. The van der Waals surface area contributed by atoms with Gasteiger partial charge in [0, 0.05) is 13.1 Å². The quantitative estimate of drug-likeness (QED) is 0.831. The minimum absolute atomic E-state index is 0.00259. The molecular formula is C15H27N3O2. The number of piperazine rings is 1. The predicted octanol–water partition coefficient (Wildman–Crippen LogP) is 0.844. The van der Waals surface area contributed by atoms with Gasteiger partial charge in [-0.25, -0.2) is 0 Å². The highest BCUT2D eigenvalue weighted by molar-refractivity contribution is 5.99. The molecule has 20 heavy (non-hydrogen) atoms. The van der Waals surface area contributed by atoms with Crippen molar-refractivity contribution < 1.29 is 9.59 Å². The third-order valence-corrected chi connectivity index (χ3v) is 4.85. The van der Waals surface area contributed by atoms with Crippen LogP contribution in [0.25, 0.3) is 0 Å². The zero-order valence-corrected chi connectivity index (χ0v) is 13.1. The van der Waals surface area contributed by atoms with Gasteiger partial charge in [-0.2, -0.15) is 0 Å². The van der Waals surface area contributed by atoms with Crippen LogP contribution in [0, 0.1) is 5.92 Å². The van der Waals surface area contributed by atoms with Crippen LogP contribution >= 0.6 is 0 Å². The van der Waals surface area contributed by atoms with E-state index >= 15 is 0 Å². The van der Waals surface area contributed by atoms with Crippen LogP contribution in [0.1, 0.15) is 40.0 Å². The fraction of sp³-hybridized carbons (Fsp3) is 0.867. The van der Waals surface area contributed by atoms with Crippen molar-refractivity contribution in [3.05, 3.63) is 0 Å². The summed E-state index contributed by atoms with van der Waals surface area (Å²) < 4.78 is 0. The minimum Gasteiger partial charge on any atom is -0.340 e. The first-order chi connectivity index (χ1) is 9.41. The normalized spacial score (nSPS) is 35.5. The Morgan fingerprint density at radius 2 is 2.05 bits per heavy atom. The second kappa shape index (κ2) is 5.72. The van der Waals surface area contributed by atoms with Gasteiger partial charge in [0.25, 0.3) is 0 Å². The van der Waals surface area contributed by atoms with Crippen molar-refractivity contribution in [3.8, 4) is 0 Å². The summed E-state index contributed by atoms with van der Waals surface area (Å²) in [5.41, 5.74) is -0.729. The molecule has 2 aliphatic heterocycles. The van der Waals surface area contributed by atoms with Crippen LogP contribution in [0.2, 0.25) is 0 Å². The Kier molecular flexibility index (Phi) is 4.37. The molecule has 0 aromatic rings. The number of carbonyl (C=O) groups excluding carboxylic acids is 2. The van der Waals surface area contributed by atoms with Gasteiger partial charge in [0.2, 0.25) is 11.8 Å². The molecule has 114 valence electrons. The van der Waals surface area contributed by atoms with Gasteiger partial charge in [0.1, 0.15) is 11.6 Å². The van der Waals surface area contributed by atoms with E-state index < -0.39 is 5.54 Å². The van der Waals surface area contributed by atoms with Gasteiger partial charge < -0.3 is 15.1 Å². The average molecular weight is 281 g/mol. The van der Waals surface area contributed by atoms with E-state index in [9.17, 15) is 9.59 Å². The zero-order chi connectivity index (χ0) is 14.9. The molecule has 0 aromatic heterocycles. The molecule has 5 heteroatoms. The molecular weight excluding hydrogens is 254 g/mol. The van der Waals surface area contributed by atoms with E-state index in [0.29, 0.717) is 25.3 Å². The molecule has 0 radical (unpaired) electrons. The maximum absolute atomic E-state index is 12.8. The highest BCUT2D eigenvalue weighted by Crippen LogP contribution is 2.26. The maximum atomic E-state index is 12.8. The third-order valence-electron chi connectivity index (χ3n) is 4.85. The van der Waals surface area contributed by atoms with Crippen molar-refractivity contribution in [1.29, 1.82) is 0 Å². The first-order valence-corrected chi connectivity index (χ1v) is 7.73. The fourth-order valence-electron chi connectivity index (χ4n) is 3.32. The molecule has 2 fully saturated rings. The van der Waals surface area contributed by atoms with Crippen molar-refractivity contribution in [2.75, 3.05) is 26.7 Å². The Labute approximate surface area is 121 Å². The molecule has 5 nitrogen and oxygen atoms in total. The van der Waals surface area contributed by atoms with Crippen LogP contribution in [0.3, 0.4) is 0 Å². The van der Waals surface area contributed by atoms with Crippen LogP contribution in [-0.4, -0.2) is 59.9 Å². The van der Waals surface area contributed by atoms with Gasteiger partial charge in [-0.3, -0.25) is 9.59 Å². The summed E-state index contributed by atoms with van der Waals surface area (Å²) in [6, 6.07) is -0.298. The SMILES string of the molecule is CCC1C(=O)NC(C)(CC)C(=O)N1CC1CCN(C)C1. The molecule has 3 atom stereocenters. The number of nitrogens with zero attached hydrogens (tertiary/aromatic N) is 2. The van der Waals surface area contributed by atoms with Gasteiger partial charge in [-0.15, -0.1) is 0 Å². The van der Waals surface area contributed by atoms with Crippen molar-refractivity contribution in [1.82, 2.24) is 15.1 Å². The Balaban J connectivity index is 2.16. The Hall–Kier alpha value is -1.10. The van der Waals surface area contributed by atoms with Crippen LogP contribution in [0.5, 0.6) is 0 Å². The lowest BCUT2D eigenvalue weighted by molar-refractivity contribution is -0.155. The molecule has 0 bridgehead atoms. The van der Waals surface area contributed by atoms with Crippen LogP contribution < -0.4 is 5.32 Å². The highest BCUT2D eigenvalue weighted by atomic mass is 16.2. The van der Waals surface area contributed by atoms with E-state index in [1.54, 1.807) is 0 Å².